The fraction of sp³-hybridized carbons (Fsp3) is 0.444. The van der Waals surface area contributed by atoms with Crippen molar-refractivity contribution in [3.63, 3.8) is 0 Å². The van der Waals surface area contributed by atoms with Crippen LogP contribution < -0.4 is 4.72 Å². The highest BCUT2D eigenvalue weighted by atomic mass is 32.2. The number of nitrogens with one attached hydrogen (secondary N) is 1. The van der Waals surface area contributed by atoms with Crippen molar-refractivity contribution in [2.45, 2.75) is 58.1 Å². The first-order valence-electron chi connectivity index (χ1n) is 8.25. The number of hydrogen-bond acceptors (Lipinski definition) is 6. The molecule has 1 aromatic carbocycles. The number of nitrogens with zero attached hydrogens (tertiary/aromatic N) is 2. The molecule has 0 aliphatic carbocycles. The molecule has 0 fully saturated rings. The van der Waals surface area contributed by atoms with E-state index in [0.29, 0.717) is 0 Å². The molecule has 2 aromatic rings. The molecule has 0 spiro atoms. The lowest BCUT2D eigenvalue weighted by atomic mass is 10.3. The van der Waals surface area contributed by atoms with Crippen LogP contribution in [-0.4, -0.2) is 22.5 Å². The minimum atomic E-state index is -3.53. The Labute approximate surface area is 169 Å². The molecular formula is C18H33N3O2S3. The molecule has 0 atom stereocenters. The molecule has 0 amide bonds. The van der Waals surface area contributed by atoms with E-state index in [2.05, 4.69) is 60.6 Å². The van der Waals surface area contributed by atoms with E-state index < -0.39 is 10.0 Å². The Morgan fingerprint density at radius 1 is 1.04 bits per heavy atom. The zero-order chi connectivity index (χ0) is 21.2. The molecule has 1 heterocycles. The number of benzene rings is 1. The van der Waals surface area contributed by atoms with E-state index in [1.165, 1.54) is 18.5 Å². The summed E-state index contributed by atoms with van der Waals surface area (Å²) in [6.45, 7) is 20.2. The summed E-state index contributed by atoms with van der Waals surface area (Å²) in [5.74, 6) is 0. The zero-order valence-electron chi connectivity index (χ0n) is 16.9. The van der Waals surface area contributed by atoms with E-state index in [-0.39, 0.29) is 14.8 Å². The summed E-state index contributed by atoms with van der Waals surface area (Å²) in [5, 5.41) is 0.263. The van der Waals surface area contributed by atoms with Crippen LogP contribution in [0.1, 0.15) is 48.5 Å². The van der Waals surface area contributed by atoms with Gasteiger partial charge in [-0.3, -0.25) is 4.72 Å². The van der Waals surface area contributed by atoms with Crippen molar-refractivity contribution in [3.05, 3.63) is 49.8 Å². The summed E-state index contributed by atoms with van der Waals surface area (Å²) in [6, 6.07) is 8.11. The molecule has 0 saturated carbocycles. The number of hydrogen-bond donors (Lipinski definition) is 2. The van der Waals surface area contributed by atoms with Crippen LogP contribution in [0.4, 0.5) is 5.13 Å². The second kappa shape index (κ2) is 17.1. The third-order valence-corrected chi connectivity index (χ3v) is 3.70. The van der Waals surface area contributed by atoms with Crippen LogP contribution in [0.5, 0.6) is 0 Å². The van der Waals surface area contributed by atoms with Crippen molar-refractivity contribution < 1.29 is 8.42 Å². The van der Waals surface area contributed by atoms with Crippen LogP contribution in [0.3, 0.4) is 0 Å². The second-order valence-corrected chi connectivity index (χ2v) is 8.64. The lowest BCUT2D eigenvalue weighted by Gasteiger charge is -2.04. The number of thiol groups is 1. The average molecular weight is 420 g/mol. The third-order valence-electron chi connectivity index (χ3n) is 1.64. The molecule has 2 rings (SSSR count). The van der Waals surface area contributed by atoms with Crippen LogP contribution in [-0.2, 0) is 10.0 Å². The van der Waals surface area contributed by atoms with E-state index >= 15 is 0 Å². The van der Waals surface area contributed by atoms with Crippen molar-refractivity contribution in [3.8, 4) is 0 Å². The number of rotatable bonds is 3. The van der Waals surface area contributed by atoms with Gasteiger partial charge in [-0.2, -0.15) is 17.0 Å². The standard InChI is InChI=1S/C8H7N3O2S2.C4H10S.2C2H6.C2H4/c12-15(13,7-4-2-1-3-5-7)11-8-9-6-10-14-8;1-4(2,3)5;3*1-2/h1-6H,(H,9,10,11);5H,1-3H3;2*1-2H3;1-2H2. The minimum Gasteiger partial charge on any atom is -0.253 e. The molecule has 5 nitrogen and oxygen atoms in total. The van der Waals surface area contributed by atoms with Gasteiger partial charge in [-0.05, 0) is 12.1 Å². The molecule has 0 bridgehead atoms. The van der Waals surface area contributed by atoms with Gasteiger partial charge in [-0.15, -0.1) is 13.2 Å². The summed E-state index contributed by atoms with van der Waals surface area (Å²) in [5.41, 5.74) is 0. The van der Waals surface area contributed by atoms with Gasteiger partial charge in [0.25, 0.3) is 10.0 Å². The molecular weight excluding hydrogens is 386 g/mol. The van der Waals surface area contributed by atoms with E-state index in [0.717, 1.165) is 11.5 Å². The first-order chi connectivity index (χ1) is 12.2. The molecule has 0 aliphatic heterocycles. The van der Waals surface area contributed by atoms with E-state index in [1.54, 1.807) is 18.2 Å². The summed E-state index contributed by atoms with van der Waals surface area (Å²) in [6.07, 6.45) is 1.30. The smallest absolute Gasteiger partial charge is 0.253 e. The highest BCUT2D eigenvalue weighted by molar-refractivity contribution is 7.93. The first-order valence-corrected chi connectivity index (χ1v) is 11.0. The molecule has 1 N–H and O–H groups in total. The third kappa shape index (κ3) is 17.4. The Morgan fingerprint density at radius 3 is 1.81 bits per heavy atom. The Bertz CT molecular complexity index is 617. The van der Waals surface area contributed by atoms with Gasteiger partial charge in [0.1, 0.15) is 6.33 Å². The van der Waals surface area contributed by atoms with Crippen molar-refractivity contribution in [2.24, 2.45) is 0 Å². The number of anilines is 1. The van der Waals surface area contributed by atoms with Crippen LogP contribution in [0, 0.1) is 0 Å². The van der Waals surface area contributed by atoms with Gasteiger partial charge < -0.3 is 0 Å². The molecule has 0 saturated heterocycles. The van der Waals surface area contributed by atoms with Crippen molar-refractivity contribution in [1.29, 1.82) is 0 Å². The summed E-state index contributed by atoms with van der Waals surface area (Å²) < 4.78 is 29.7. The van der Waals surface area contributed by atoms with Gasteiger partial charge in [-0.1, -0.05) is 66.7 Å². The minimum absolute atomic E-state index is 0.194. The molecule has 0 aliphatic rings. The van der Waals surface area contributed by atoms with Gasteiger partial charge in [-0.25, -0.2) is 13.4 Å². The summed E-state index contributed by atoms with van der Waals surface area (Å²) in [4.78, 5) is 3.95. The maximum Gasteiger partial charge on any atom is 0.263 e. The number of aromatic nitrogens is 2. The Morgan fingerprint density at radius 2 is 1.46 bits per heavy atom. The highest BCUT2D eigenvalue weighted by Gasteiger charge is 2.14. The van der Waals surface area contributed by atoms with Crippen molar-refractivity contribution >= 4 is 39.3 Å². The zero-order valence-corrected chi connectivity index (χ0v) is 19.4. The normalized spacial score (nSPS) is 9.38. The van der Waals surface area contributed by atoms with Crippen LogP contribution in [0.15, 0.2) is 54.7 Å². The highest BCUT2D eigenvalue weighted by Crippen LogP contribution is 2.15. The van der Waals surface area contributed by atoms with Crippen molar-refractivity contribution in [1.82, 2.24) is 9.36 Å². The fourth-order valence-corrected chi connectivity index (χ4v) is 2.67. The topological polar surface area (TPSA) is 72.0 Å². The van der Waals surface area contributed by atoms with Gasteiger partial charge in [0, 0.05) is 16.3 Å². The Balaban J connectivity index is -0.000000407. The number of sulfonamides is 1. The summed E-state index contributed by atoms with van der Waals surface area (Å²) in [7, 11) is -3.53. The fourth-order valence-electron chi connectivity index (χ4n) is 0.992. The maximum atomic E-state index is 11.7. The van der Waals surface area contributed by atoms with Gasteiger partial charge in [0.05, 0.1) is 4.90 Å². The summed E-state index contributed by atoms with van der Waals surface area (Å²) >= 11 is 5.12. The Kier molecular flexibility index (Phi) is 19.3. The van der Waals surface area contributed by atoms with Gasteiger partial charge in [0.2, 0.25) is 5.13 Å². The molecule has 0 unspecified atom stereocenters. The first kappa shape index (κ1) is 29.4. The average Bonchev–Trinajstić information content (AvgIpc) is 3.12. The molecule has 0 radical (unpaired) electrons. The van der Waals surface area contributed by atoms with E-state index in [4.69, 9.17) is 0 Å². The Hall–Kier alpha value is -1.38. The molecule has 26 heavy (non-hydrogen) atoms. The lowest BCUT2D eigenvalue weighted by molar-refractivity contribution is 0.601. The SMILES string of the molecule is C=C.CC.CC.CC(C)(C)S.O=S(=O)(Nc1ncns1)c1ccccc1. The maximum absolute atomic E-state index is 11.7. The predicted octanol–water partition coefficient (Wildman–Crippen LogP) is 5.91. The van der Waals surface area contributed by atoms with E-state index in [9.17, 15) is 8.42 Å². The molecule has 150 valence electrons. The lowest BCUT2D eigenvalue weighted by Crippen LogP contribution is -2.12. The van der Waals surface area contributed by atoms with Crippen LogP contribution in [0.2, 0.25) is 0 Å². The van der Waals surface area contributed by atoms with Gasteiger partial charge >= 0.3 is 0 Å². The monoisotopic (exact) mass is 419 g/mol. The quantitative estimate of drug-likeness (QED) is 0.479. The molecule has 8 heteroatoms. The van der Waals surface area contributed by atoms with Crippen LogP contribution in [0.25, 0.3) is 0 Å². The predicted molar refractivity (Wildman–Crippen MR) is 120 cm³/mol. The van der Waals surface area contributed by atoms with Gasteiger partial charge in [0.15, 0.2) is 0 Å². The molecule has 1 aromatic heterocycles. The van der Waals surface area contributed by atoms with Crippen molar-refractivity contribution in [2.75, 3.05) is 4.72 Å². The van der Waals surface area contributed by atoms with Crippen LogP contribution >= 0.6 is 24.2 Å². The second-order valence-electron chi connectivity index (χ2n) is 4.84. The van der Waals surface area contributed by atoms with E-state index in [1.807, 2.05) is 27.7 Å². The largest absolute Gasteiger partial charge is 0.263 e.